The smallest absolute Gasteiger partial charge is 0.382 e. The highest BCUT2D eigenvalue weighted by atomic mass is 19.4. The third-order valence-corrected chi connectivity index (χ3v) is 5.08. The van der Waals surface area contributed by atoms with Gasteiger partial charge in [0, 0.05) is 16.8 Å². The summed E-state index contributed by atoms with van der Waals surface area (Å²) in [6.45, 7) is 1.30. The van der Waals surface area contributed by atoms with Gasteiger partial charge in [-0.3, -0.25) is 9.59 Å². The normalized spacial score (nSPS) is 11.4. The molecular formula is C23H16F5N7O2. The summed E-state index contributed by atoms with van der Waals surface area (Å²) in [5, 5.41) is 12.3. The zero-order chi connectivity index (χ0) is 26.9. The van der Waals surface area contributed by atoms with Gasteiger partial charge in [0.1, 0.15) is 29.9 Å². The Morgan fingerprint density at radius 3 is 2.38 bits per heavy atom. The van der Waals surface area contributed by atoms with Gasteiger partial charge in [0.25, 0.3) is 11.8 Å². The summed E-state index contributed by atoms with van der Waals surface area (Å²) in [6.07, 6.45) is -3.51. The van der Waals surface area contributed by atoms with Gasteiger partial charge in [-0.1, -0.05) is 24.8 Å². The molecule has 9 nitrogen and oxygen atoms in total. The number of fused-ring (bicyclic) bond motifs is 1. The Bertz CT molecular complexity index is 1530. The predicted octanol–water partition coefficient (Wildman–Crippen LogP) is 3.89. The van der Waals surface area contributed by atoms with E-state index >= 15 is 0 Å². The SMILES string of the molecule is C=C(F)C(=O)Nc1ccc(-c2nn3ncnc(N)c3c2-c2ccc(C(=O)NCC(F)(F)F)c(F)c2)cc1. The monoisotopic (exact) mass is 517 g/mol. The summed E-state index contributed by atoms with van der Waals surface area (Å²) < 4.78 is 66.3. The zero-order valence-corrected chi connectivity index (χ0v) is 18.6. The van der Waals surface area contributed by atoms with Crippen molar-refractivity contribution in [1.29, 1.82) is 0 Å². The van der Waals surface area contributed by atoms with Crippen LogP contribution < -0.4 is 16.4 Å². The molecule has 14 heteroatoms. The molecule has 0 saturated heterocycles. The summed E-state index contributed by atoms with van der Waals surface area (Å²) in [5.74, 6) is -4.50. The molecule has 0 aliphatic carbocycles. The first kappa shape index (κ1) is 25.2. The minimum absolute atomic E-state index is 0.00139. The van der Waals surface area contributed by atoms with E-state index in [1.165, 1.54) is 18.2 Å². The number of anilines is 2. The van der Waals surface area contributed by atoms with Crippen LogP contribution in [-0.2, 0) is 4.79 Å². The van der Waals surface area contributed by atoms with Crippen LogP contribution in [0.1, 0.15) is 10.4 Å². The molecule has 4 rings (SSSR count). The Morgan fingerprint density at radius 2 is 1.76 bits per heavy atom. The molecule has 190 valence electrons. The van der Waals surface area contributed by atoms with Gasteiger partial charge in [-0.15, -0.1) is 14.8 Å². The van der Waals surface area contributed by atoms with Crippen LogP contribution in [0.5, 0.6) is 0 Å². The van der Waals surface area contributed by atoms with Crippen molar-refractivity contribution in [3.05, 3.63) is 72.6 Å². The average Bonchev–Trinajstić information content (AvgIpc) is 3.23. The lowest BCUT2D eigenvalue weighted by molar-refractivity contribution is -0.123. The zero-order valence-electron chi connectivity index (χ0n) is 18.6. The summed E-state index contributed by atoms with van der Waals surface area (Å²) in [7, 11) is 0. The Morgan fingerprint density at radius 1 is 1.08 bits per heavy atom. The van der Waals surface area contributed by atoms with Crippen molar-refractivity contribution in [2.75, 3.05) is 17.6 Å². The highest BCUT2D eigenvalue weighted by molar-refractivity contribution is 6.02. The van der Waals surface area contributed by atoms with Crippen molar-refractivity contribution in [3.8, 4) is 22.4 Å². The van der Waals surface area contributed by atoms with Gasteiger partial charge < -0.3 is 16.4 Å². The number of aromatic nitrogens is 4. The van der Waals surface area contributed by atoms with Gasteiger partial charge in [-0.05, 0) is 29.8 Å². The van der Waals surface area contributed by atoms with Crippen LogP contribution in [0, 0.1) is 5.82 Å². The Labute approximate surface area is 204 Å². The number of halogens is 5. The van der Waals surface area contributed by atoms with E-state index in [2.05, 4.69) is 27.1 Å². The average molecular weight is 517 g/mol. The fourth-order valence-electron chi connectivity index (χ4n) is 3.44. The maximum absolute atomic E-state index is 14.9. The minimum Gasteiger partial charge on any atom is -0.382 e. The Kier molecular flexibility index (Phi) is 6.57. The lowest BCUT2D eigenvalue weighted by atomic mass is 9.98. The van der Waals surface area contributed by atoms with Crippen LogP contribution in [0.3, 0.4) is 0 Å². The van der Waals surface area contributed by atoms with Gasteiger partial charge in [-0.25, -0.2) is 13.8 Å². The highest BCUT2D eigenvalue weighted by Gasteiger charge is 2.29. The lowest BCUT2D eigenvalue weighted by Crippen LogP contribution is -2.34. The van der Waals surface area contributed by atoms with E-state index in [1.807, 2.05) is 0 Å². The van der Waals surface area contributed by atoms with Crippen LogP contribution in [0.25, 0.3) is 27.9 Å². The molecule has 0 fully saturated rings. The summed E-state index contributed by atoms with van der Waals surface area (Å²) in [6, 6.07) is 9.33. The molecule has 0 atom stereocenters. The van der Waals surface area contributed by atoms with Crippen molar-refractivity contribution >= 4 is 28.8 Å². The second kappa shape index (κ2) is 9.64. The molecular weight excluding hydrogens is 501 g/mol. The fraction of sp³-hybridized carbons (Fsp3) is 0.0870. The number of benzene rings is 2. The third-order valence-electron chi connectivity index (χ3n) is 5.08. The number of carbonyl (C=O) groups is 2. The number of nitrogen functional groups attached to an aromatic ring is 1. The summed E-state index contributed by atoms with van der Waals surface area (Å²) >= 11 is 0. The quantitative estimate of drug-likeness (QED) is 0.263. The largest absolute Gasteiger partial charge is 0.405 e. The van der Waals surface area contributed by atoms with Crippen LogP contribution >= 0.6 is 0 Å². The first-order valence-electron chi connectivity index (χ1n) is 10.3. The van der Waals surface area contributed by atoms with E-state index in [1.54, 1.807) is 17.4 Å². The van der Waals surface area contributed by atoms with Crippen molar-refractivity contribution in [1.82, 2.24) is 25.1 Å². The number of amides is 2. The molecule has 37 heavy (non-hydrogen) atoms. The summed E-state index contributed by atoms with van der Waals surface area (Å²) in [5.41, 5.74) is 7.07. The Hall–Kier alpha value is -4.88. The van der Waals surface area contributed by atoms with Crippen molar-refractivity contribution in [2.24, 2.45) is 0 Å². The third kappa shape index (κ3) is 5.37. The number of rotatable bonds is 6. The topological polar surface area (TPSA) is 127 Å². The van der Waals surface area contributed by atoms with E-state index in [4.69, 9.17) is 5.73 Å². The van der Waals surface area contributed by atoms with Gasteiger partial charge >= 0.3 is 6.18 Å². The number of nitrogens with zero attached hydrogens (tertiary/aromatic N) is 4. The molecule has 2 aromatic heterocycles. The minimum atomic E-state index is -4.66. The lowest BCUT2D eigenvalue weighted by Gasteiger charge is -2.10. The predicted molar refractivity (Wildman–Crippen MR) is 123 cm³/mol. The molecule has 0 unspecified atom stereocenters. The van der Waals surface area contributed by atoms with E-state index in [0.717, 1.165) is 23.1 Å². The van der Waals surface area contributed by atoms with Gasteiger partial charge in [-0.2, -0.15) is 13.2 Å². The molecule has 0 radical (unpaired) electrons. The molecule has 2 heterocycles. The van der Waals surface area contributed by atoms with Crippen LogP contribution in [0.2, 0.25) is 0 Å². The highest BCUT2D eigenvalue weighted by Crippen LogP contribution is 2.37. The first-order valence-corrected chi connectivity index (χ1v) is 10.3. The second-order valence-electron chi connectivity index (χ2n) is 7.64. The standard InChI is InChI=1S/C23H16F5N7O2/c1-11(24)21(36)33-14-5-2-12(3-6-14)18-17(19-20(29)31-10-32-35(19)34-18)13-4-7-15(16(25)8-13)22(37)30-9-23(26,27)28/h2-8,10H,1,9H2,(H,30,37)(H,33,36)(H2,29,31,32). The van der Waals surface area contributed by atoms with Crippen LogP contribution in [-0.4, -0.2) is 44.3 Å². The molecule has 0 aliphatic rings. The number of hydrogen-bond donors (Lipinski definition) is 3. The number of alkyl halides is 3. The van der Waals surface area contributed by atoms with E-state index in [9.17, 15) is 31.5 Å². The molecule has 0 bridgehead atoms. The molecule has 2 amide bonds. The molecule has 0 aliphatic heterocycles. The van der Waals surface area contributed by atoms with Gasteiger partial charge in [0.2, 0.25) is 0 Å². The van der Waals surface area contributed by atoms with Crippen molar-refractivity contribution < 1.29 is 31.5 Å². The van der Waals surface area contributed by atoms with Crippen molar-refractivity contribution in [2.45, 2.75) is 6.18 Å². The van der Waals surface area contributed by atoms with Crippen LogP contribution in [0.4, 0.5) is 33.5 Å². The number of nitrogens with two attached hydrogens (primary N) is 1. The van der Waals surface area contributed by atoms with E-state index in [-0.39, 0.29) is 33.8 Å². The molecule has 4 aromatic rings. The number of hydrogen-bond acceptors (Lipinski definition) is 6. The van der Waals surface area contributed by atoms with Crippen LogP contribution in [0.15, 0.2) is 61.2 Å². The molecule has 0 spiro atoms. The van der Waals surface area contributed by atoms with Crippen molar-refractivity contribution in [3.63, 3.8) is 0 Å². The summed E-state index contributed by atoms with van der Waals surface area (Å²) in [4.78, 5) is 27.5. The van der Waals surface area contributed by atoms with E-state index < -0.39 is 41.7 Å². The maximum atomic E-state index is 14.9. The molecule has 4 N–H and O–H groups in total. The van der Waals surface area contributed by atoms with E-state index in [0.29, 0.717) is 5.56 Å². The maximum Gasteiger partial charge on any atom is 0.405 e. The van der Waals surface area contributed by atoms with Gasteiger partial charge in [0.15, 0.2) is 11.6 Å². The molecule has 2 aromatic carbocycles. The second-order valence-corrected chi connectivity index (χ2v) is 7.64. The molecule has 0 saturated carbocycles. The van der Waals surface area contributed by atoms with Gasteiger partial charge in [0.05, 0.1) is 5.56 Å². The number of carbonyl (C=O) groups excluding carboxylic acids is 2. The first-order chi connectivity index (χ1) is 17.4. The fourth-order valence-corrected chi connectivity index (χ4v) is 3.44. The Balaban J connectivity index is 1.76. The number of nitrogens with one attached hydrogen (secondary N) is 2.